The van der Waals surface area contributed by atoms with Crippen molar-refractivity contribution >= 4 is 17.9 Å². The summed E-state index contributed by atoms with van der Waals surface area (Å²) in [4.78, 5) is 38.4. The molecule has 0 saturated carbocycles. The molecular weight excluding hydrogens is 1020 g/mol. The van der Waals surface area contributed by atoms with Crippen LogP contribution in [0.3, 0.4) is 0 Å². The first kappa shape index (κ1) is 78.3. The number of carbonyl (C=O) groups is 3. The Morgan fingerprint density at radius 1 is 0.253 bits per heavy atom. The lowest BCUT2D eigenvalue weighted by Crippen LogP contribution is -2.30. The second kappa shape index (κ2) is 69.8. The van der Waals surface area contributed by atoms with E-state index in [1.54, 1.807) is 0 Å². The van der Waals surface area contributed by atoms with E-state index in [1.165, 1.54) is 116 Å². The summed E-state index contributed by atoms with van der Waals surface area (Å²) in [6, 6.07) is 0. The first-order valence-corrected chi connectivity index (χ1v) is 34.3. The van der Waals surface area contributed by atoms with Crippen molar-refractivity contribution in [2.75, 3.05) is 13.2 Å². The van der Waals surface area contributed by atoms with E-state index in [1.807, 2.05) is 0 Å². The summed E-state index contributed by atoms with van der Waals surface area (Å²) in [5.74, 6) is -0.960. The first-order valence-electron chi connectivity index (χ1n) is 34.3. The molecule has 0 saturated heterocycles. The molecule has 0 aliphatic heterocycles. The molecule has 0 aromatic carbocycles. The van der Waals surface area contributed by atoms with Crippen LogP contribution in [0.4, 0.5) is 0 Å². The van der Waals surface area contributed by atoms with Gasteiger partial charge in [0.25, 0.3) is 0 Å². The molecular formula is C77H126O6. The number of hydrogen-bond donors (Lipinski definition) is 0. The van der Waals surface area contributed by atoms with Gasteiger partial charge in [0.2, 0.25) is 0 Å². The minimum Gasteiger partial charge on any atom is -0.462 e. The molecule has 0 aromatic heterocycles. The van der Waals surface area contributed by atoms with Crippen molar-refractivity contribution in [3.63, 3.8) is 0 Å². The molecule has 0 heterocycles. The Hall–Kier alpha value is -4.71. The fourth-order valence-corrected chi connectivity index (χ4v) is 9.17. The van der Waals surface area contributed by atoms with Crippen LogP contribution in [0.25, 0.3) is 0 Å². The van der Waals surface area contributed by atoms with Crippen LogP contribution >= 0.6 is 0 Å². The van der Waals surface area contributed by atoms with Crippen molar-refractivity contribution < 1.29 is 28.6 Å². The second-order valence-electron chi connectivity index (χ2n) is 22.3. The number of hydrogen-bond acceptors (Lipinski definition) is 6. The van der Waals surface area contributed by atoms with Crippen LogP contribution in [-0.4, -0.2) is 37.2 Å². The maximum Gasteiger partial charge on any atom is 0.306 e. The van der Waals surface area contributed by atoms with Crippen molar-refractivity contribution in [2.45, 2.75) is 309 Å². The molecule has 470 valence electrons. The second-order valence-corrected chi connectivity index (χ2v) is 22.3. The lowest BCUT2D eigenvalue weighted by molar-refractivity contribution is -0.167. The monoisotopic (exact) mass is 1150 g/mol. The third-order valence-electron chi connectivity index (χ3n) is 14.3. The summed E-state index contributed by atoms with van der Waals surface area (Å²) in [5, 5.41) is 0. The van der Waals surface area contributed by atoms with E-state index in [0.717, 1.165) is 141 Å². The number of ether oxygens (including phenoxy) is 3. The van der Waals surface area contributed by atoms with Crippen LogP contribution in [-0.2, 0) is 28.6 Å². The molecule has 0 N–H and O–H groups in total. The highest BCUT2D eigenvalue weighted by atomic mass is 16.6. The predicted octanol–water partition coefficient (Wildman–Crippen LogP) is 23.9. The zero-order valence-corrected chi connectivity index (χ0v) is 53.9. The van der Waals surface area contributed by atoms with Gasteiger partial charge in [-0.15, -0.1) is 0 Å². The fraction of sp³-hybridized carbons (Fsp3) is 0.649. The van der Waals surface area contributed by atoms with Gasteiger partial charge >= 0.3 is 17.9 Å². The Balaban J connectivity index is 4.42. The Morgan fingerprint density at radius 2 is 0.470 bits per heavy atom. The van der Waals surface area contributed by atoms with Gasteiger partial charge in [-0.2, -0.15) is 0 Å². The maximum absolute atomic E-state index is 12.9. The van der Waals surface area contributed by atoms with Crippen molar-refractivity contribution in [1.82, 2.24) is 0 Å². The molecule has 0 aliphatic carbocycles. The summed E-state index contributed by atoms with van der Waals surface area (Å²) < 4.78 is 16.9. The number of allylic oxidation sites excluding steroid dienone is 24. The average Bonchev–Trinajstić information content (AvgIpc) is 3.49. The lowest BCUT2D eigenvalue weighted by atomic mass is 10.1. The molecule has 0 rings (SSSR count). The van der Waals surface area contributed by atoms with E-state index in [0.29, 0.717) is 25.7 Å². The van der Waals surface area contributed by atoms with Crippen molar-refractivity contribution in [1.29, 1.82) is 0 Å². The molecule has 0 aliphatic rings. The average molecular weight is 1150 g/mol. The molecule has 6 nitrogen and oxygen atoms in total. The Morgan fingerprint density at radius 3 is 0.771 bits per heavy atom. The van der Waals surface area contributed by atoms with Crippen LogP contribution in [0.1, 0.15) is 303 Å². The molecule has 0 radical (unpaired) electrons. The van der Waals surface area contributed by atoms with E-state index in [2.05, 4.69) is 167 Å². The number of rotatable bonds is 61. The quantitative estimate of drug-likeness (QED) is 0.0261. The van der Waals surface area contributed by atoms with Gasteiger partial charge in [0, 0.05) is 19.3 Å². The molecule has 83 heavy (non-hydrogen) atoms. The molecule has 1 unspecified atom stereocenters. The molecule has 1 atom stereocenters. The SMILES string of the molecule is CC/C=C\C/C=C\C/C=C\C/C=C\C/C=C\C/C=C\C/C=C\C/C=C\C/C=C\C/C=C\CCCCC(=O)OCC(COC(=O)CCCCCCC/C=C\CCCCCCCCC)OC(=O)CCCCCCC/C=C\CCCCCCCCC. The fourth-order valence-electron chi connectivity index (χ4n) is 9.17. The first-order chi connectivity index (χ1) is 41.0. The zero-order valence-electron chi connectivity index (χ0n) is 53.9. The third kappa shape index (κ3) is 68.0. The summed E-state index contributed by atoms with van der Waals surface area (Å²) in [7, 11) is 0. The third-order valence-corrected chi connectivity index (χ3v) is 14.3. The summed E-state index contributed by atoms with van der Waals surface area (Å²) in [6.45, 7) is 6.48. The Labute approximate surface area is 512 Å². The maximum atomic E-state index is 12.9. The van der Waals surface area contributed by atoms with Gasteiger partial charge in [-0.3, -0.25) is 14.4 Å². The highest BCUT2D eigenvalue weighted by Crippen LogP contribution is 2.15. The molecule has 0 fully saturated rings. The van der Waals surface area contributed by atoms with Gasteiger partial charge in [0.1, 0.15) is 13.2 Å². The smallest absolute Gasteiger partial charge is 0.306 e. The highest BCUT2D eigenvalue weighted by molar-refractivity contribution is 5.71. The number of unbranched alkanes of at least 4 members (excludes halogenated alkanes) is 26. The Bertz CT molecular complexity index is 1800. The van der Waals surface area contributed by atoms with Crippen LogP contribution in [0.5, 0.6) is 0 Å². The van der Waals surface area contributed by atoms with Gasteiger partial charge in [-0.1, -0.05) is 282 Å². The van der Waals surface area contributed by atoms with Gasteiger partial charge in [-0.25, -0.2) is 0 Å². The minimum absolute atomic E-state index is 0.102. The normalized spacial score (nSPS) is 13.0. The van der Waals surface area contributed by atoms with E-state index < -0.39 is 6.10 Å². The van der Waals surface area contributed by atoms with Gasteiger partial charge in [-0.05, 0) is 148 Å². The topological polar surface area (TPSA) is 78.9 Å². The van der Waals surface area contributed by atoms with Crippen molar-refractivity contribution in [3.8, 4) is 0 Å². The highest BCUT2D eigenvalue weighted by Gasteiger charge is 2.19. The number of carbonyl (C=O) groups excluding carboxylic acids is 3. The largest absolute Gasteiger partial charge is 0.462 e. The predicted molar refractivity (Wildman–Crippen MR) is 362 cm³/mol. The molecule has 0 amide bonds. The van der Waals surface area contributed by atoms with Gasteiger partial charge in [0.05, 0.1) is 0 Å². The zero-order chi connectivity index (χ0) is 59.9. The van der Waals surface area contributed by atoms with E-state index in [-0.39, 0.29) is 31.1 Å². The van der Waals surface area contributed by atoms with Crippen LogP contribution in [0.2, 0.25) is 0 Å². The summed E-state index contributed by atoms with van der Waals surface area (Å²) in [6.07, 6.45) is 100. The minimum atomic E-state index is -0.810. The van der Waals surface area contributed by atoms with E-state index in [9.17, 15) is 14.4 Å². The molecule has 0 bridgehead atoms. The summed E-state index contributed by atoms with van der Waals surface area (Å²) in [5.41, 5.74) is 0. The van der Waals surface area contributed by atoms with E-state index in [4.69, 9.17) is 14.2 Å². The van der Waals surface area contributed by atoms with Crippen LogP contribution in [0, 0.1) is 0 Å². The molecule has 0 aromatic rings. The lowest BCUT2D eigenvalue weighted by Gasteiger charge is -2.18. The van der Waals surface area contributed by atoms with Gasteiger partial charge in [0.15, 0.2) is 6.10 Å². The van der Waals surface area contributed by atoms with Crippen LogP contribution < -0.4 is 0 Å². The Kier molecular flexibility index (Phi) is 65.8. The standard InChI is InChI=1S/C77H126O6/c1-4-7-10-13-16-19-22-25-28-31-32-33-34-35-36-37-38-39-40-41-42-43-44-45-46-47-50-52-55-58-61-64-67-70-76(79)82-73-74(83-77(80)71-68-65-62-59-56-53-49-30-27-24-21-18-15-12-9-6-3)72-81-75(78)69-66-63-60-57-54-51-48-29-26-23-20-17-14-11-8-5-2/h7,10,16,19,25,28-30,32-33,35-36,38-39,41-42,44-45,47-50,55,58,74H,4-6,8-9,11-15,17-18,20-24,26-27,31,34,37,40,43,46,51-54,56-57,59-73H2,1-3H3/b10-7-,19-16-,28-25-,33-32-,36-35-,39-38-,42-41-,45-44-,48-29-,49-30-,50-47-,58-55-. The van der Waals surface area contributed by atoms with Crippen molar-refractivity contribution in [3.05, 3.63) is 146 Å². The molecule has 6 heteroatoms. The number of esters is 3. The van der Waals surface area contributed by atoms with Crippen molar-refractivity contribution in [2.24, 2.45) is 0 Å². The summed E-state index contributed by atoms with van der Waals surface area (Å²) >= 11 is 0. The van der Waals surface area contributed by atoms with Gasteiger partial charge < -0.3 is 14.2 Å². The van der Waals surface area contributed by atoms with Crippen LogP contribution in [0.15, 0.2) is 146 Å². The molecule has 0 spiro atoms. The van der Waals surface area contributed by atoms with E-state index >= 15 is 0 Å².